The number of hydrogen-bond acceptors (Lipinski definition) is 6. The number of aryl methyl sites for hydroxylation is 1. The first-order valence-electron chi connectivity index (χ1n) is 10.5. The number of aliphatic imine (C=N–C) groups is 1. The van der Waals surface area contributed by atoms with Crippen LogP contribution in [-0.2, 0) is 4.74 Å². The van der Waals surface area contributed by atoms with Crippen LogP contribution in [0.25, 0.3) is 5.69 Å². The molecule has 0 aliphatic carbocycles. The number of benzene rings is 1. The fraction of sp³-hybridized carbons (Fsp3) is 0.261. The van der Waals surface area contributed by atoms with E-state index in [0.29, 0.717) is 34.8 Å². The molecule has 1 aliphatic rings. The number of hydrogen-bond donors (Lipinski definition) is 1. The Morgan fingerprint density at radius 1 is 1.34 bits per heavy atom. The molecule has 0 radical (unpaired) electrons. The van der Waals surface area contributed by atoms with Gasteiger partial charge in [0.1, 0.15) is 11.9 Å². The van der Waals surface area contributed by atoms with Crippen molar-refractivity contribution in [3.8, 4) is 11.4 Å². The van der Waals surface area contributed by atoms with Gasteiger partial charge in [-0.3, -0.25) is 19.3 Å². The van der Waals surface area contributed by atoms with Crippen LogP contribution in [0, 0.1) is 10.5 Å². The summed E-state index contributed by atoms with van der Waals surface area (Å²) in [6, 6.07) is 10.8. The number of carbonyl (C=O) groups excluding carboxylic acids is 1. The highest BCUT2D eigenvalue weighted by molar-refractivity contribution is 14.1. The van der Waals surface area contributed by atoms with E-state index in [9.17, 15) is 9.59 Å². The van der Waals surface area contributed by atoms with E-state index in [-0.39, 0.29) is 12.1 Å². The summed E-state index contributed by atoms with van der Waals surface area (Å²) in [4.78, 5) is 32.3. The van der Waals surface area contributed by atoms with Crippen LogP contribution in [0.15, 0.2) is 52.4 Å². The molecule has 1 amide bonds. The number of cyclic esters (lactones) is 1. The zero-order valence-corrected chi connectivity index (χ0v) is 24.4. The van der Waals surface area contributed by atoms with Crippen LogP contribution >= 0.6 is 68.1 Å². The molecule has 184 valence electrons. The largest absolute Gasteiger partial charge is 0.487 e. The summed E-state index contributed by atoms with van der Waals surface area (Å²) >= 11 is 11.7. The lowest BCUT2D eigenvalue weighted by molar-refractivity contribution is 0.145. The normalized spacial score (nSPS) is 16.0. The Bertz CT molecular complexity index is 1320. The van der Waals surface area contributed by atoms with Crippen LogP contribution in [-0.4, -0.2) is 46.7 Å². The molecular weight excluding hydrogens is 718 g/mol. The number of nitrogens with zero attached hydrogens (tertiary/aromatic N) is 3. The van der Waals surface area contributed by atoms with E-state index in [1.807, 2.05) is 25.1 Å². The van der Waals surface area contributed by atoms with Gasteiger partial charge in [-0.1, -0.05) is 34.2 Å². The van der Waals surface area contributed by atoms with Crippen molar-refractivity contribution in [3.63, 3.8) is 0 Å². The van der Waals surface area contributed by atoms with E-state index >= 15 is 0 Å². The molecule has 1 saturated heterocycles. The van der Waals surface area contributed by atoms with Gasteiger partial charge < -0.3 is 15.2 Å². The van der Waals surface area contributed by atoms with Crippen molar-refractivity contribution >= 4 is 85.7 Å². The molecule has 0 unspecified atom stereocenters. The third-order valence-electron chi connectivity index (χ3n) is 5.20. The molecule has 1 fully saturated rings. The van der Waals surface area contributed by atoms with Gasteiger partial charge in [0.25, 0.3) is 5.56 Å². The molecule has 2 N–H and O–H groups in total. The molecule has 1 aromatic carbocycles. The first kappa shape index (κ1) is 26.2. The Labute approximate surface area is 238 Å². The number of ether oxygens (including phenoxy) is 2. The summed E-state index contributed by atoms with van der Waals surface area (Å²) in [5, 5.41) is 0. The molecule has 3 aromatic rings. The van der Waals surface area contributed by atoms with Crippen LogP contribution in [0.3, 0.4) is 0 Å². The minimum Gasteiger partial charge on any atom is -0.487 e. The standard InChI is InChI=1S/C23H21ClI2N4O4S/c1-13-9-14(10-16(26)20(13)29-7-2-3-17(22(29)31)33-8-6-25)30-12-15(34-23(30)32)11-28-21(27)18-4-5-19(24)35-18/h2-5,7,9-10,15H,6,8,11-12H2,1H3,(H2,27,28)/t15-/m0/s1. The zero-order valence-electron chi connectivity index (χ0n) is 18.5. The maximum Gasteiger partial charge on any atom is 0.414 e. The summed E-state index contributed by atoms with van der Waals surface area (Å²) in [6.45, 7) is 2.96. The summed E-state index contributed by atoms with van der Waals surface area (Å²) in [5.41, 5.74) is 8.09. The Hall–Kier alpha value is -1.84. The van der Waals surface area contributed by atoms with Gasteiger partial charge in [0.05, 0.1) is 34.6 Å². The minimum atomic E-state index is -0.447. The molecule has 0 spiro atoms. The van der Waals surface area contributed by atoms with Gasteiger partial charge in [-0.25, -0.2) is 4.79 Å². The van der Waals surface area contributed by atoms with Crippen molar-refractivity contribution in [1.29, 1.82) is 0 Å². The number of amides is 1. The molecule has 1 atom stereocenters. The van der Waals surface area contributed by atoms with Gasteiger partial charge in [0.15, 0.2) is 5.75 Å². The quantitative estimate of drug-likeness (QED) is 0.152. The molecule has 2 aromatic heterocycles. The number of rotatable bonds is 8. The highest BCUT2D eigenvalue weighted by Gasteiger charge is 2.33. The van der Waals surface area contributed by atoms with Crippen LogP contribution in [0.1, 0.15) is 10.4 Å². The lowest BCUT2D eigenvalue weighted by Crippen LogP contribution is -2.26. The minimum absolute atomic E-state index is 0.228. The summed E-state index contributed by atoms with van der Waals surface area (Å²) in [5.74, 6) is 0.667. The average molecular weight is 739 g/mol. The smallest absolute Gasteiger partial charge is 0.414 e. The van der Waals surface area contributed by atoms with E-state index in [1.165, 1.54) is 11.3 Å². The lowest BCUT2D eigenvalue weighted by atomic mass is 10.1. The van der Waals surface area contributed by atoms with Crippen LogP contribution in [0.2, 0.25) is 4.34 Å². The van der Waals surface area contributed by atoms with E-state index in [2.05, 4.69) is 50.2 Å². The van der Waals surface area contributed by atoms with E-state index < -0.39 is 12.2 Å². The Morgan fingerprint density at radius 3 is 2.83 bits per heavy atom. The summed E-state index contributed by atoms with van der Waals surface area (Å²) in [6.07, 6.45) is 0.841. The predicted octanol–water partition coefficient (Wildman–Crippen LogP) is 5.01. The molecule has 4 rings (SSSR count). The van der Waals surface area contributed by atoms with Crippen molar-refractivity contribution in [2.45, 2.75) is 13.0 Å². The molecule has 1 aliphatic heterocycles. The van der Waals surface area contributed by atoms with Crippen LogP contribution in [0.4, 0.5) is 10.5 Å². The fourth-order valence-electron chi connectivity index (χ4n) is 3.65. The van der Waals surface area contributed by atoms with Crippen LogP contribution in [0.5, 0.6) is 5.75 Å². The van der Waals surface area contributed by atoms with Gasteiger partial charge >= 0.3 is 6.09 Å². The number of halogens is 3. The number of pyridine rings is 1. The summed E-state index contributed by atoms with van der Waals surface area (Å²) in [7, 11) is 0. The van der Waals surface area contributed by atoms with Gasteiger partial charge in [-0.2, -0.15) is 0 Å². The van der Waals surface area contributed by atoms with Gasteiger partial charge in [-0.15, -0.1) is 11.3 Å². The third-order valence-corrected chi connectivity index (χ3v) is 7.72. The number of thiophene rings is 1. The van der Waals surface area contributed by atoms with Crippen molar-refractivity contribution in [2.24, 2.45) is 10.7 Å². The lowest BCUT2D eigenvalue weighted by Gasteiger charge is -2.18. The van der Waals surface area contributed by atoms with Crippen LogP contribution < -0.4 is 20.9 Å². The molecule has 3 heterocycles. The van der Waals surface area contributed by atoms with E-state index in [0.717, 1.165) is 24.1 Å². The third kappa shape index (κ3) is 5.94. The molecule has 0 bridgehead atoms. The highest BCUT2D eigenvalue weighted by Crippen LogP contribution is 2.30. The SMILES string of the molecule is Cc1cc(N2C[C@H](CN=C(N)c3ccc(Cl)s3)OC2=O)cc(I)c1-n1cccc(OCCI)c1=O. The fourth-order valence-corrected chi connectivity index (χ4v) is 5.83. The zero-order chi connectivity index (χ0) is 25.1. The Morgan fingerprint density at radius 2 is 2.14 bits per heavy atom. The topological polar surface area (TPSA) is 99.2 Å². The number of carbonyl (C=O) groups is 1. The Kier molecular flexibility index (Phi) is 8.60. The second-order valence-electron chi connectivity index (χ2n) is 7.62. The summed E-state index contributed by atoms with van der Waals surface area (Å²) < 4.78 is 14.9. The monoisotopic (exact) mass is 738 g/mol. The predicted molar refractivity (Wildman–Crippen MR) is 156 cm³/mol. The molecular formula is C23H21ClI2N4O4S. The van der Waals surface area contributed by atoms with Gasteiger partial charge in [0.2, 0.25) is 0 Å². The molecule has 12 heteroatoms. The van der Waals surface area contributed by atoms with Gasteiger partial charge in [0, 0.05) is 19.9 Å². The molecule has 8 nitrogen and oxygen atoms in total. The molecule has 35 heavy (non-hydrogen) atoms. The highest BCUT2D eigenvalue weighted by atomic mass is 127. The van der Waals surface area contributed by atoms with Crippen molar-refractivity contribution < 1.29 is 14.3 Å². The number of anilines is 1. The van der Waals surface area contributed by atoms with Crippen molar-refractivity contribution in [2.75, 3.05) is 29.0 Å². The second-order valence-corrected chi connectivity index (χ2v) is 11.6. The van der Waals surface area contributed by atoms with Gasteiger partial charge in [-0.05, 0) is 71.5 Å². The second kappa shape index (κ2) is 11.5. The number of nitrogens with two attached hydrogens (primary N) is 1. The maximum atomic E-state index is 13.0. The molecule has 0 saturated carbocycles. The van der Waals surface area contributed by atoms with Crippen molar-refractivity contribution in [3.05, 3.63) is 71.3 Å². The number of alkyl halides is 1. The van der Waals surface area contributed by atoms with E-state index in [4.69, 9.17) is 26.8 Å². The average Bonchev–Trinajstić information content (AvgIpc) is 3.42. The van der Waals surface area contributed by atoms with Crippen molar-refractivity contribution in [1.82, 2.24) is 4.57 Å². The Balaban J connectivity index is 1.54. The van der Waals surface area contributed by atoms with E-state index in [1.54, 1.807) is 33.9 Å². The number of amidine groups is 1. The number of aromatic nitrogens is 1. The first-order valence-corrected chi connectivity index (χ1v) is 14.3. The first-order chi connectivity index (χ1) is 16.8. The maximum absolute atomic E-state index is 13.0.